The highest BCUT2D eigenvalue weighted by Crippen LogP contribution is 2.34. The predicted molar refractivity (Wildman–Crippen MR) is 84.8 cm³/mol. The van der Waals surface area contributed by atoms with Gasteiger partial charge >= 0.3 is 0 Å². The Bertz CT molecular complexity index is 498. The molecule has 0 saturated heterocycles. The Kier molecular flexibility index (Phi) is 4.03. The van der Waals surface area contributed by atoms with Crippen LogP contribution in [0.2, 0.25) is 0 Å². The van der Waals surface area contributed by atoms with Crippen molar-refractivity contribution >= 4 is 5.91 Å². The highest BCUT2D eigenvalue weighted by Gasteiger charge is 2.37. The topological polar surface area (TPSA) is 46.3 Å². The summed E-state index contributed by atoms with van der Waals surface area (Å²) in [5, 5.41) is 0. The Labute approximate surface area is 127 Å². The summed E-state index contributed by atoms with van der Waals surface area (Å²) in [5.41, 5.74) is 8.63. The van der Waals surface area contributed by atoms with Gasteiger partial charge in [0.15, 0.2) is 0 Å². The molecule has 0 heterocycles. The van der Waals surface area contributed by atoms with Crippen molar-refractivity contribution in [1.29, 1.82) is 0 Å². The zero-order valence-electron chi connectivity index (χ0n) is 13.0. The van der Waals surface area contributed by atoms with Gasteiger partial charge < -0.3 is 10.6 Å². The molecular formula is C18H26N2O. The molecule has 0 unspecified atom stereocenters. The van der Waals surface area contributed by atoms with Crippen molar-refractivity contribution in [2.75, 3.05) is 0 Å². The first-order valence-electron chi connectivity index (χ1n) is 8.20. The fraction of sp³-hybridized carbons (Fsp3) is 0.611. The van der Waals surface area contributed by atoms with Crippen LogP contribution in [0.3, 0.4) is 0 Å². The van der Waals surface area contributed by atoms with Crippen molar-refractivity contribution in [2.45, 2.75) is 70.0 Å². The molecule has 0 radical (unpaired) electrons. The van der Waals surface area contributed by atoms with Crippen molar-refractivity contribution < 1.29 is 4.79 Å². The molecule has 0 spiro atoms. The lowest BCUT2D eigenvalue weighted by Gasteiger charge is -2.29. The van der Waals surface area contributed by atoms with Gasteiger partial charge in [-0.1, -0.05) is 42.7 Å². The van der Waals surface area contributed by atoms with E-state index in [1.54, 1.807) is 0 Å². The van der Waals surface area contributed by atoms with Crippen molar-refractivity contribution in [3.05, 3.63) is 35.4 Å². The second kappa shape index (κ2) is 5.80. The van der Waals surface area contributed by atoms with Crippen LogP contribution in [0.25, 0.3) is 0 Å². The highest BCUT2D eigenvalue weighted by molar-refractivity contribution is 5.78. The van der Waals surface area contributed by atoms with Gasteiger partial charge in [-0.3, -0.25) is 4.79 Å². The fourth-order valence-electron chi connectivity index (χ4n) is 3.36. The molecule has 0 atom stereocenters. The number of rotatable bonds is 5. The Morgan fingerprint density at radius 1 is 1.24 bits per heavy atom. The molecule has 2 aliphatic rings. The van der Waals surface area contributed by atoms with E-state index in [0.29, 0.717) is 12.5 Å². The van der Waals surface area contributed by atoms with E-state index in [2.05, 4.69) is 36.1 Å². The van der Waals surface area contributed by atoms with E-state index < -0.39 is 0 Å². The summed E-state index contributed by atoms with van der Waals surface area (Å²) in [4.78, 5) is 14.8. The molecular weight excluding hydrogens is 260 g/mol. The Morgan fingerprint density at radius 2 is 1.86 bits per heavy atom. The summed E-state index contributed by atoms with van der Waals surface area (Å²) in [7, 11) is 0. The largest absolute Gasteiger partial charge is 0.335 e. The van der Waals surface area contributed by atoms with Crippen LogP contribution in [0.4, 0.5) is 0 Å². The van der Waals surface area contributed by atoms with Gasteiger partial charge in [0.1, 0.15) is 0 Å². The molecule has 3 nitrogen and oxygen atoms in total. The number of hydrogen-bond acceptors (Lipinski definition) is 2. The molecule has 2 aliphatic carbocycles. The van der Waals surface area contributed by atoms with Crippen molar-refractivity contribution in [3.8, 4) is 0 Å². The van der Waals surface area contributed by atoms with Gasteiger partial charge in [0, 0.05) is 24.5 Å². The quantitative estimate of drug-likeness (QED) is 0.904. The normalized spacial score (nSPS) is 20.5. The maximum Gasteiger partial charge on any atom is 0.224 e. The summed E-state index contributed by atoms with van der Waals surface area (Å²) >= 11 is 0. The first-order valence-corrected chi connectivity index (χ1v) is 8.20. The van der Waals surface area contributed by atoms with Gasteiger partial charge in [0.05, 0.1) is 0 Å². The number of benzene rings is 1. The lowest BCUT2D eigenvalue weighted by molar-refractivity contribution is -0.133. The highest BCUT2D eigenvalue weighted by atomic mass is 16.2. The van der Waals surface area contributed by atoms with Gasteiger partial charge in [0.25, 0.3) is 0 Å². The maximum atomic E-state index is 12.7. The number of aryl methyl sites for hydroxylation is 1. The number of carbonyl (C=O) groups is 1. The van der Waals surface area contributed by atoms with Crippen LogP contribution in [0.1, 0.15) is 56.1 Å². The van der Waals surface area contributed by atoms with Crippen LogP contribution in [0.15, 0.2) is 24.3 Å². The fourth-order valence-corrected chi connectivity index (χ4v) is 3.36. The summed E-state index contributed by atoms with van der Waals surface area (Å²) in [6, 6.07) is 8.94. The van der Waals surface area contributed by atoms with Gasteiger partial charge in [-0.2, -0.15) is 0 Å². The van der Waals surface area contributed by atoms with E-state index in [0.717, 1.165) is 32.2 Å². The van der Waals surface area contributed by atoms with E-state index in [1.807, 2.05) is 0 Å². The molecule has 1 amide bonds. The summed E-state index contributed by atoms with van der Waals surface area (Å²) < 4.78 is 0. The Hall–Kier alpha value is -1.35. The average molecular weight is 286 g/mol. The van der Waals surface area contributed by atoms with Crippen LogP contribution in [0, 0.1) is 6.92 Å². The van der Waals surface area contributed by atoms with Gasteiger partial charge in [-0.25, -0.2) is 0 Å². The van der Waals surface area contributed by atoms with Crippen molar-refractivity contribution in [3.63, 3.8) is 0 Å². The van der Waals surface area contributed by atoms with Crippen LogP contribution in [-0.2, 0) is 11.3 Å². The molecule has 3 heteroatoms. The summed E-state index contributed by atoms with van der Waals surface area (Å²) in [6.45, 7) is 2.83. The Balaban J connectivity index is 1.66. The molecule has 2 saturated carbocycles. The van der Waals surface area contributed by atoms with E-state index in [1.165, 1.54) is 24.0 Å². The standard InChI is InChI=1S/C18H26N2O/c1-14-4-6-15(7-5-14)13-20(16-8-9-16)17(21)12-18(19)10-2-3-11-18/h4-7,16H,2-3,8-13,19H2,1H3. The molecule has 0 aliphatic heterocycles. The predicted octanol–water partition coefficient (Wildman–Crippen LogP) is 3.15. The van der Waals surface area contributed by atoms with E-state index in [4.69, 9.17) is 5.73 Å². The summed E-state index contributed by atoms with van der Waals surface area (Å²) in [5.74, 6) is 0.252. The second-order valence-electron chi connectivity index (χ2n) is 6.98. The van der Waals surface area contributed by atoms with E-state index >= 15 is 0 Å². The van der Waals surface area contributed by atoms with Crippen LogP contribution >= 0.6 is 0 Å². The third kappa shape index (κ3) is 3.65. The maximum absolute atomic E-state index is 12.7. The van der Waals surface area contributed by atoms with Gasteiger partial charge in [-0.15, -0.1) is 0 Å². The Morgan fingerprint density at radius 3 is 2.43 bits per heavy atom. The lowest BCUT2D eigenvalue weighted by atomic mass is 9.94. The number of nitrogens with zero attached hydrogens (tertiary/aromatic N) is 1. The first kappa shape index (κ1) is 14.6. The zero-order chi connectivity index (χ0) is 14.9. The molecule has 0 bridgehead atoms. The third-order valence-electron chi connectivity index (χ3n) is 4.88. The number of nitrogens with two attached hydrogens (primary N) is 1. The van der Waals surface area contributed by atoms with Gasteiger partial charge in [0.2, 0.25) is 5.91 Å². The minimum absolute atomic E-state index is 0.239. The monoisotopic (exact) mass is 286 g/mol. The van der Waals surface area contributed by atoms with Crippen LogP contribution < -0.4 is 5.73 Å². The number of hydrogen-bond donors (Lipinski definition) is 1. The second-order valence-corrected chi connectivity index (χ2v) is 6.98. The molecule has 1 aromatic carbocycles. The minimum atomic E-state index is -0.239. The zero-order valence-corrected chi connectivity index (χ0v) is 13.0. The molecule has 1 aromatic rings. The number of amides is 1. The lowest BCUT2D eigenvalue weighted by Crippen LogP contribution is -2.44. The molecule has 0 aromatic heterocycles. The SMILES string of the molecule is Cc1ccc(CN(C(=O)CC2(N)CCCC2)C2CC2)cc1. The first-order chi connectivity index (χ1) is 10.1. The van der Waals surface area contributed by atoms with E-state index in [-0.39, 0.29) is 11.4 Å². The molecule has 3 rings (SSSR count). The molecule has 2 N–H and O–H groups in total. The van der Waals surface area contributed by atoms with Crippen molar-refractivity contribution in [1.82, 2.24) is 4.90 Å². The number of carbonyl (C=O) groups excluding carboxylic acids is 1. The minimum Gasteiger partial charge on any atom is -0.335 e. The summed E-state index contributed by atoms with van der Waals surface area (Å²) in [6.07, 6.45) is 7.17. The van der Waals surface area contributed by atoms with Crippen LogP contribution in [0.5, 0.6) is 0 Å². The van der Waals surface area contributed by atoms with E-state index in [9.17, 15) is 4.79 Å². The molecule has 114 valence electrons. The molecule has 21 heavy (non-hydrogen) atoms. The smallest absolute Gasteiger partial charge is 0.224 e. The average Bonchev–Trinajstić information content (AvgIpc) is 3.20. The van der Waals surface area contributed by atoms with Crippen molar-refractivity contribution in [2.24, 2.45) is 5.73 Å². The van der Waals surface area contributed by atoms with Gasteiger partial charge in [-0.05, 0) is 38.2 Å². The third-order valence-corrected chi connectivity index (χ3v) is 4.88. The van der Waals surface area contributed by atoms with Crippen LogP contribution in [-0.4, -0.2) is 22.4 Å². The molecule has 2 fully saturated rings.